The van der Waals surface area contributed by atoms with Crippen molar-refractivity contribution in [3.63, 3.8) is 0 Å². The molecule has 0 bridgehead atoms. The van der Waals surface area contributed by atoms with E-state index in [4.69, 9.17) is 4.55 Å². The van der Waals surface area contributed by atoms with Crippen LogP contribution in [0.5, 0.6) is 0 Å². The molecule has 7 nitrogen and oxygen atoms in total. The van der Waals surface area contributed by atoms with Gasteiger partial charge in [-0.2, -0.15) is 8.42 Å². The maximum Gasteiger partial charge on any atom is 0.292 e. The molecular formula is C8H17NO6S2. The Labute approximate surface area is 101 Å². The van der Waals surface area contributed by atoms with E-state index >= 15 is 0 Å². The number of aliphatic hydroxyl groups excluding tert-OH is 1. The van der Waals surface area contributed by atoms with Crippen LogP contribution in [0.3, 0.4) is 0 Å². The molecule has 1 aliphatic carbocycles. The third-order valence-electron chi connectivity index (χ3n) is 2.86. The molecule has 0 aromatic rings. The van der Waals surface area contributed by atoms with Gasteiger partial charge in [-0.15, -0.1) is 0 Å². The van der Waals surface area contributed by atoms with Crippen LogP contribution in [-0.4, -0.2) is 44.2 Å². The van der Waals surface area contributed by atoms with Crippen LogP contribution in [0, 0.1) is 5.92 Å². The minimum atomic E-state index is -4.44. The summed E-state index contributed by atoms with van der Waals surface area (Å²) in [5.74, 6) is -0.539. The van der Waals surface area contributed by atoms with Crippen molar-refractivity contribution in [2.75, 3.05) is 6.26 Å². The van der Waals surface area contributed by atoms with Gasteiger partial charge in [0.25, 0.3) is 10.1 Å². The van der Waals surface area contributed by atoms with Crippen molar-refractivity contribution in [1.82, 2.24) is 4.72 Å². The first-order valence-electron chi connectivity index (χ1n) is 5.21. The van der Waals surface area contributed by atoms with Crippen molar-refractivity contribution in [2.45, 2.75) is 37.2 Å². The Kier molecular flexibility index (Phi) is 4.53. The van der Waals surface area contributed by atoms with Gasteiger partial charge in [0.05, 0.1) is 6.26 Å². The molecule has 1 saturated carbocycles. The monoisotopic (exact) mass is 287 g/mol. The van der Waals surface area contributed by atoms with E-state index in [1.54, 1.807) is 0 Å². The second-order valence-electron chi connectivity index (χ2n) is 4.41. The highest BCUT2D eigenvalue weighted by Crippen LogP contribution is 2.28. The minimum absolute atomic E-state index is 0.227. The third-order valence-corrected chi connectivity index (χ3v) is 4.62. The Balaban J connectivity index is 2.52. The van der Waals surface area contributed by atoms with Crippen LogP contribution in [0.1, 0.15) is 25.7 Å². The van der Waals surface area contributed by atoms with Gasteiger partial charge < -0.3 is 5.11 Å². The molecule has 9 heteroatoms. The van der Waals surface area contributed by atoms with Crippen LogP contribution in [0.15, 0.2) is 0 Å². The Morgan fingerprint density at radius 1 is 1.12 bits per heavy atom. The SMILES string of the molecule is CS(=O)(=O)NC1CCC([C@H](O)S(=O)(=O)O)CC1. The lowest BCUT2D eigenvalue weighted by Crippen LogP contribution is -2.40. The molecule has 0 aromatic heterocycles. The van der Waals surface area contributed by atoms with E-state index in [-0.39, 0.29) is 6.04 Å². The van der Waals surface area contributed by atoms with Crippen LogP contribution < -0.4 is 4.72 Å². The summed E-state index contributed by atoms with van der Waals surface area (Å²) in [4.78, 5) is 0. The zero-order chi connectivity index (χ0) is 13.3. The van der Waals surface area contributed by atoms with Gasteiger partial charge >= 0.3 is 0 Å². The quantitative estimate of drug-likeness (QED) is 0.588. The number of rotatable bonds is 4. The first-order valence-corrected chi connectivity index (χ1v) is 8.61. The molecule has 0 radical (unpaired) electrons. The van der Waals surface area contributed by atoms with E-state index in [1.807, 2.05) is 0 Å². The maximum absolute atomic E-state index is 11.0. The zero-order valence-electron chi connectivity index (χ0n) is 9.40. The van der Waals surface area contributed by atoms with E-state index < -0.39 is 31.5 Å². The number of aliphatic hydroxyl groups is 1. The Hall–Kier alpha value is -0.220. The summed E-state index contributed by atoms with van der Waals surface area (Å²) in [6.07, 6.45) is 2.67. The molecule has 1 rings (SSSR count). The summed E-state index contributed by atoms with van der Waals surface area (Å²) < 4.78 is 54.6. The van der Waals surface area contributed by atoms with Crippen molar-refractivity contribution in [2.24, 2.45) is 5.92 Å². The van der Waals surface area contributed by atoms with Crippen LogP contribution in [0.4, 0.5) is 0 Å². The molecule has 102 valence electrons. The first kappa shape index (κ1) is 14.8. The summed E-state index contributed by atoms with van der Waals surface area (Å²) in [5.41, 5.74) is -1.78. The lowest BCUT2D eigenvalue weighted by molar-refractivity contribution is 0.133. The molecule has 0 heterocycles. The van der Waals surface area contributed by atoms with E-state index in [9.17, 15) is 21.9 Å². The summed E-state index contributed by atoms with van der Waals surface area (Å²) in [7, 11) is -7.71. The first-order chi connectivity index (χ1) is 7.59. The Morgan fingerprint density at radius 2 is 1.59 bits per heavy atom. The average Bonchev–Trinajstić information content (AvgIpc) is 2.14. The standard InChI is InChI=1S/C8H17NO6S2/c1-16(11,12)9-7-4-2-6(3-5-7)8(10)17(13,14)15/h6-10H,2-5H2,1H3,(H,13,14,15)/t6?,7?,8-/m1/s1. The van der Waals surface area contributed by atoms with E-state index in [2.05, 4.69) is 4.72 Å². The zero-order valence-corrected chi connectivity index (χ0v) is 11.0. The summed E-state index contributed by atoms with van der Waals surface area (Å²) in [6, 6.07) is -0.227. The van der Waals surface area contributed by atoms with Crippen molar-refractivity contribution in [3.05, 3.63) is 0 Å². The normalized spacial score (nSPS) is 28.9. The predicted octanol–water partition coefficient (Wildman–Crippen LogP) is -0.699. The highest BCUT2D eigenvalue weighted by atomic mass is 32.2. The lowest BCUT2D eigenvalue weighted by Gasteiger charge is -2.30. The van der Waals surface area contributed by atoms with Gasteiger partial charge in [-0.1, -0.05) is 0 Å². The Morgan fingerprint density at radius 3 is 1.94 bits per heavy atom. The Bertz CT molecular complexity index is 448. The van der Waals surface area contributed by atoms with Crippen LogP contribution in [0.25, 0.3) is 0 Å². The molecule has 0 aromatic carbocycles. The van der Waals surface area contributed by atoms with Gasteiger partial charge in [-0.05, 0) is 25.7 Å². The molecule has 1 fully saturated rings. The van der Waals surface area contributed by atoms with Gasteiger partial charge in [0.1, 0.15) is 0 Å². The molecular weight excluding hydrogens is 270 g/mol. The predicted molar refractivity (Wildman–Crippen MR) is 61.3 cm³/mol. The smallest absolute Gasteiger partial charge is 0.292 e. The molecule has 3 N–H and O–H groups in total. The van der Waals surface area contributed by atoms with Crippen LogP contribution >= 0.6 is 0 Å². The minimum Gasteiger partial charge on any atom is -0.375 e. The van der Waals surface area contributed by atoms with E-state index in [1.165, 1.54) is 0 Å². The summed E-state index contributed by atoms with van der Waals surface area (Å²) >= 11 is 0. The van der Waals surface area contributed by atoms with Crippen molar-refractivity contribution in [3.8, 4) is 0 Å². The molecule has 0 aliphatic heterocycles. The van der Waals surface area contributed by atoms with E-state index in [0.717, 1.165) is 6.26 Å². The molecule has 0 saturated heterocycles. The number of hydrogen-bond donors (Lipinski definition) is 3. The van der Waals surface area contributed by atoms with Gasteiger partial charge in [0, 0.05) is 12.0 Å². The largest absolute Gasteiger partial charge is 0.375 e. The van der Waals surface area contributed by atoms with Gasteiger partial charge in [-0.3, -0.25) is 4.55 Å². The number of sulfonamides is 1. The molecule has 1 atom stereocenters. The third kappa shape index (κ3) is 4.88. The highest BCUT2D eigenvalue weighted by molar-refractivity contribution is 7.88. The molecule has 0 amide bonds. The van der Waals surface area contributed by atoms with Crippen LogP contribution in [0.2, 0.25) is 0 Å². The average molecular weight is 287 g/mol. The second kappa shape index (κ2) is 5.19. The van der Waals surface area contributed by atoms with Crippen molar-refractivity contribution < 1.29 is 26.5 Å². The topological polar surface area (TPSA) is 121 Å². The fourth-order valence-electron chi connectivity index (χ4n) is 2.07. The maximum atomic E-state index is 11.0. The second-order valence-corrected chi connectivity index (χ2v) is 7.70. The van der Waals surface area contributed by atoms with Crippen molar-refractivity contribution in [1.29, 1.82) is 0 Å². The van der Waals surface area contributed by atoms with Gasteiger partial charge in [0.15, 0.2) is 5.44 Å². The molecule has 0 unspecified atom stereocenters. The van der Waals surface area contributed by atoms with Gasteiger partial charge in [-0.25, -0.2) is 13.1 Å². The molecule has 1 aliphatic rings. The fourth-order valence-corrected chi connectivity index (χ4v) is 3.67. The van der Waals surface area contributed by atoms with Crippen molar-refractivity contribution >= 4 is 20.1 Å². The van der Waals surface area contributed by atoms with Gasteiger partial charge in [0.2, 0.25) is 10.0 Å². The molecule has 0 spiro atoms. The summed E-state index contributed by atoms with van der Waals surface area (Å²) in [6.45, 7) is 0. The van der Waals surface area contributed by atoms with E-state index in [0.29, 0.717) is 25.7 Å². The summed E-state index contributed by atoms with van der Waals surface area (Å²) in [5, 5.41) is 9.35. The molecule has 17 heavy (non-hydrogen) atoms. The number of nitrogens with one attached hydrogen (secondary N) is 1. The highest BCUT2D eigenvalue weighted by Gasteiger charge is 2.33. The number of hydrogen-bond acceptors (Lipinski definition) is 5. The lowest BCUT2D eigenvalue weighted by atomic mass is 9.87. The van der Waals surface area contributed by atoms with Crippen LogP contribution in [-0.2, 0) is 20.1 Å². The fraction of sp³-hybridized carbons (Fsp3) is 1.00.